The first-order chi connectivity index (χ1) is 6.49. The van der Waals surface area contributed by atoms with Crippen LogP contribution in [-0.4, -0.2) is 74.1 Å². The van der Waals surface area contributed by atoms with Gasteiger partial charge in [0.1, 0.15) is 30.5 Å². The third-order valence-corrected chi connectivity index (χ3v) is 2.19. The molecule has 7 heteroatoms. The van der Waals surface area contributed by atoms with Gasteiger partial charge in [-0.05, 0) is 0 Å². The highest BCUT2D eigenvalue weighted by Crippen LogP contribution is 2.21. The quantitative estimate of drug-likeness (QED) is 0.275. The van der Waals surface area contributed by atoms with Crippen LogP contribution in [0.3, 0.4) is 0 Å². The molecule has 0 amide bonds. The molecule has 6 atom stereocenters. The summed E-state index contributed by atoms with van der Waals surface area (Å²) < 4.78 is 4.62. The van der Waals surface area contributed by atoms with Crippen LogP contribution >= 0.6 is 0 Å². The lowest BCUT2D eigenvalue weighted by Crippen LogP contribution is -2.61. The van der Waals surface area contributed by atoms with Crippen LogP contribution < -0.4 is 0 Å². The van der Waals surface area contributed by atoms with Crippen LogP contribution in [0.1, 0.15) is 0 Å². The largest absolute Gasteiger partial charge is 0.394 e. The average molecular weight is 210 g/mol. The molecular weight excluding hydrogens is 196 g/mol. The second kappa shape index (κ2) is 4.49. The van der Waals surface area contributed by atoms with E-state index in [1.165, 1.54) is 0 Å². The maximum absolute atomic E-state index is 9.31. The minimum Gasteiger partial charge on any atom is -0.394 e. The Morgan fingerprint density at radius 2 is 1.57 bits per heavy atom. The van der Waals surface area contributed by atoms with Crippen LogP contribution in [-0.2, 0) is 4.74 Å². The molecule has 0 aromatic rings. The van der Waals surface area contributed by atoms with Crippen molar-refractivity contribution in [1.82, 2.24) is 0 Å². The monoisotopic (exact) mass is 210 g/mol. The fourth-order valence-corrected chi connectivity index (χ4v) is 1.31. The molecule has 1 saturated heterocycles. The van der Waals surface area contributed by atoms with Gasteiger partial charge >= 0.3 is 0 Å². The zero-order valence-electron chi connectivity index (χ0n) is 7.26. The molecule has 0 radical (unpaired) electrons. The molecule has 6 N–H and O–H groups in total. The molecular formula is C7H14O7. The predicted molar refractivity (Wildman–Crippen MR) is 42.0 cm³/mol. The van der Waals surface area contributed by atoms with E-state index in [-0.39, 0.29) is 0 Å². The van der Waals surface area contributed by atoms with Crippen molar-refractivity contribution in [3.8, 4) is 0 Å². The van der Waals surface area contributed by atoms with Gasteiger partial charge in [0.25, 0.3) is 0 Å². The molecule has 1 fully saturated rings. The molecule has 0 bridgehead atoms. The summed E-state index contributed by atoms with van der Waals surface area (Å²) >= 11 is 0. The van der Waals surface area contributed by atoms with Crippen LogP contribution in [0.25, 0.3) is 0 Å². The second-order valence-electron chi connectivity index (χ2n) is 3.21. The van der Waals surface area contributed by atoms with Gasteiger partial charge < -0.3 is 35.4 Å². The van der Waals surface area contributed by atoms with E-state index in [4.69, 9.17) is 20.4 Å². The van der Waals surface area contributed by atoms with E-state index in [1.807, 2.05) is 0 Å². The molecule has 0 saturated carbocycles. The van der Waals surface area contributed by atoms with Crippen LogP contribution in [0.4, 0.5) is 0 Å². The van der Waals surface area contributed by atoms with Crippen LogP contribution in [0.5, 0.6) is 0 Å². The molecule has 1 heterocycles. The average Bonchev–Trinajstić information content (AvgIpc) is 2.19. The van der Waals surface area contributed by atoms with Crippen molar-refractivity contribution in [2.45, 2.75) is 36.8 Å². The van der Waals surface area contributed by atoms with Gasteiger partial charge in [0, 0.05) is 0 Å². The van der Waals surface area contributed by atoms with Crippen molar-refractivity contribution < 1.29 is 35.4 Å². The maximum Gasteiger partial charge on any atom is 0.184 e. The Kier molecular flexibility index (Phi) is 3.78. The van der Waals surface area contributed by atoms with Crippen LogP contribution in [0.2, 0.25) is 0 Å². The van der Waals surface area contributed by atoms with Crippen molar-refractivity contribution in [2.75, 3.05) is 6.61 Å². The van der Waals surface area contributed by atoms with Crippen LogP contribution in [0, 0.1) is 0 Å². The van der Waals surface area contributed by atoms with Crippen molar-refractivity contribution in [1.29, 1.82) is 0 Å². The molecule has 0 aromatic heterocycles. The summed E-state index contributed by atoms with van der Waals surface area (Å²) in [4.78, 5) is 0. The van der Waals surface area contributed by atoms with Gasteiger partial charge in [0.15, 0.2) is 6.29 Å². The molecule has 0 aromatic carbocycles. The van der Waals surface area contributed by atoms with E-state index in [2.05, 4.69) is 4.74 Å². The molecule has 7 nitrogen and oxygen atoms in total. The molecule has 1 rings (SSSR count). The van der Waals surface area contributed by atoms with Gasteiger partial charge in [-0.25, -0.2) is 0 Å². The summed E-state index contributed by atoms with van der Waals surface area (Å²) in [7, 11) is 0. The van der Waals surface area contributed by atoms with Gasteiger partial charge in [0.05, 0.1) is 6.61 Å². The van der Waals surface area contributed by atoms with Crippen molar-refractivity contribution >= 4 is 0 Å². The number of hydrogen-bond acceptors (Lipinski definition) is 7. The molecule has 0 unspecified atom stereocenters. The number of aliphatic hydroxyl groups is 6. The van der Waals surface area contributed by atoms with E-state index >= 15 is 0 Å². The Bertz CT molecular complexity index is 187. The Hall–Kier alpha value is -0.280. The zero-order valence-corrected chi connectivity index (χ0v) is 7.26. The van der Waals surface area contributed by atoms with Gasteiger partial charge in [-0.15, -0.1) is 0 Å². The lowest BCUT2D eigenvalue weighted by Gasteiger charge is -2.39. The zero-order chi connectivity index (χ0) is 10.9. The first kappa shape index (κ1) is 11.8. The molecule has 1 aliphatic heterocycles. The Morgan fingerprint density at radius 3 is 2.07 bits per heavy atom. The van der Waals surface area contributed by atoms with E-state index in [9.17, 15) is 10.2 Å². The summed E-state index contributed by atoms with van der Waals surface area (Å²) in [6, 6.07) is 0. The second-order valence-corrected chi connectivity index (χ2v) is 3.21. The van der Waals surface area contributed by atoms with Gasteiger partial charge in [0.2, 0.25) is 0 Å². The third kappa shape index (κ3) is 2.04. The molecule has 14 heavy (non-hydrogen) atoms. The highest BCUT2D eigenvalue weighted by molar-refractivity contribution is 4.91. The van der Waals surface area contributed by atoms with Crippen molar-refractivity contribution in [3.05, 3.63) is 0 Å². The smallest absolute Gasteiger partial charge is 0.184 e. The highest BCUT2D eigenvalue weighted by Gasteiger charge is 2.45. The van der Waals surface area contributed by atoms with E-state index in [0.29, 0.717) is 0 Å². The Labute approximate surface area is 79.8 Å². The topological polar surface area (TPSA) is 131 Å². The molecule has 84 valence electrons. The van der Waals surface area contributed by atoms with E-state index < -0.39 is 43.4 Å². The Morgan fingerprint density at radius 1 is 1.00 bits per heavy atom. The summed E-state index contributed by atoms with van der Waals surface area (Å²) in [6.45, 7) is -0.683. The number of hydrogen-bond donors (Lipinski definition) is 6. The molecule has 0 aliphatic carbocycles. The van der Waals surface area contributed by atoms with Gasteiger partial charge in [-0.3, -0.25) is 0 Å². The number of rotatable bonds is 2. The van der Waals surface area contributed by atoms with E-state index in [0.717, 1.165) is 0 Å². The lowest BCUT2D eigenvalue weighted by molar-refractivity contribution is -0.298. The highest BCUT2D eigenvalue weighted by atomic mass is 16.6. The fourth-order valence-electron chi connectivity index (χ4n) is 1.31. The normalized spacial score (nSPS) is 46.3. The summed E-state index contributed by atoms with van der Waals surface area (Å²) in [5.41, 5.74) is 0. The minimum absolute atomic E-state index is 0.683. The standard InChI is InChI=1S/C7H14O7/c8-1-2(9)6-4(11)3(10)5(12)7(13)14-6/h2-13H,1H2/t2-,3+,4+,5+,6-,7-/m0/s1. The maximum atomic E-state index is 9.31. The fraction of sp³-hybridized carbons (Fsp3) is 1.00. The first-order valence-corrected chi connectivity index (χ1v) is 4.15. The minimum atomic E-state index is -1.69. The molecule has 1 aliphatic rings. The van der Waals surface area contributed by atoms with Crippen molar-refractivity contribution in [2.24, 2.45) is 0 Å². The predicted octanol–water partition coefficient (Wildman–Crippen LogP) is -3.86. The summed E-state index contributed by atoms with van der Waals surface area (Å²) in [5.74, 6) is 0. The number of ether oxygens (including phenoxy) is 1. The SMILES string of the molecule is OC[C@H](O)[C@@H]1O[C@H](O)[C@H](O)[C@H](O)[C@H]1O. The first-order valence-electron chi connectivity index (χ1n) is 4.15. The van der Waals surface area contributed by atoms with Gasteiger partial charge in [-0.2, -0.15) is 0 Å². The number of aliphatic hydroxyl groups excluding tert-OH is 6. The third-order valence-electron chi connectivity index (χ3n) is 2.19. The van der Waals surface area contributed by atoms with Crippen molar-refractivity contribution in [3.63, 3.8) is 0 Å². The summed E-state index contributed by atoms with van der Waals surface area (Å²) in [6.07, 6.45) is -9.26. The van der Waals surface area contributed by atoms with Gasteiger partial charge in [-0.1, -0.05) is 0 Å². The Balaban J connectivity index is 2.70. The molecule has 0 spiro atoms. The summed E-state index contributed by atoms with van der Waals surface area (Å²) in [5, 5.41) is 54.3. The van der Waals surface area contributed by atoms with E-state index in [1.54, 1.807) is 0 Å². The lowest BCUT2D eigenvalue weighted by atomic mass is 9.96. The van der Waals surface area contributed by atoms with Crippen LogP contribution in [0.15, 0.2) is 0 Å².